The molecule has 166 valence electrons. The molecule has 4 aromatic rings. The molecule has 0 spiro atoms. The Morgan fingerprint density at radius 2 is 1.85 bits per heavy atom. The van der Waals surface area contributed by atoms with Gasteiger partial charge in [-0.3, -0.25) is 15.0 Å². The molecule has 2 unspecified atom stereocenters. The molecule has 0 fully saturated rings. The van der Waals surface area contributed by atoms with Gasteiger partial charge in [0.1, 0.15) is 0 Å². The number of hydrogen-bond acceptors (Lipinski definition) is 5. The van der Waals surface area contributed by atoms with Crippen LogP contribution in [0, 0.1) is 0 Å². The van der Waals surface area contributed by atoms with E-state index in [0.29, 0.717) is 27.7 Å². The Hall–Kier alpha value is -4.17. The number of carbonyl (C=O) groups excluding carboxylic acids is 2. The van der Waals surface area contributed by atoms with Crippen LogP contribution in [0.2, 0.25) is 0 Å². The Balaban J connectivity index is 1.65. The largest absolute Gasteiger partial charge is 0.453 e. The van der Waals surface area contributed by atoms with Crippen LogP contribution in [0.15, 0.2) is 72.8 Å². The molecular formula is C25H22N4O4. The van der Waals surface area contributed by atoms with Crippen molar-refractivity contribution in [3.8, 4) is 0 Å². The number of aromatic nitrogens is 2. The number of nitrogens with one attached hydrogen (secondary N) is 2. The first-order chi connectivity index (χ1) is 15.9. The molecule has 2 heterocycles. The highest BCUT2D eigenvalue weighted by Gasteiger charge is 2.51. The van der Waals surface area contributed by atoms with Gasteiger partial charge in [0.15, 0.2) is 5.72 Å². The SMILES string of the molecule is COC(=O)Nc1nc2ccc(C3(O)c4ccccc4C(=O)N3C(C)c3ccccc3)cc2[nH]1. The molecule has 2 atom stereocenters. The third kappa shape index (κ3) is 3.23. The Labute approximate surface area is 189 Å². The van der Waals surface area contributed by atoms with Crippen LogP contribution in [-0.2, 0) is 10.5 Å². The van der Waals surface area contributed by atoms with Crippen molar-refractivity contribution >= 4 is 29.0 Å². The summed E-state index contributed by atoms with van der Waals surface area (Å²) in [5.74, 6) is -0.0272. The number of aliphatic hydroxyl groups is 1. The predicted octanol–water partition coefficient (Wildman–Crippen LogP) is 4.15. The molecular weight excluding hydrogens is 420 g/mol. The normalized spacial score (nSPS) is 18.3. The molecule has 1 aliphatic rings. The molecule has 8 heteroatoms. The lowest BCUT2D eigenvalue weighted by Gasteiger charge is -2.39. The van der Waals surface area contributed by atoms with E-state index >= 15 is 0 Å². The molecule has 0 radical (unpaired) electrons. The Morgan fingerprint density at radius 1 is 1.12 bits per heavy atom. The summed E-state index contributed by atoms with van der Waals surface area (Å²) < 4.78 is 4.61. The van der Waals surface area contributed by atoms with Gasteiger partial charge in [-0.25, -0.2) is 9.78 Å². The molecule has 5 rings (SSSR count). The summed E-state index contributed by atoms with van der Waals surface area (Å²) in [6.45, 7) is 1.90. The predicted molar refractivity (Wildman–Crippen MR) is 123 cm³/mol. The van der Waals surface area contributed by atoms with E-state index in [2.05, 4.69) is 20.0 Å². The lowest BCUT2D eigenvalue weighted by atomic mass is 9.92. The second-order valence-electron chi connectivity index (χ2n) is 7.91. The first-order valence-electron chi connectivity index (χ1n) is 10.5. The van der Waals surface area contributed by atoms with Crippen molar-refractivity contribution in [3.63, 3.8) is 0 Å². The van der Waals surface area contributed by atoms with Gasteiger partial charge in [0.05, 0.1) is 24.2 Å². The van der Waals surface area contributed by atoms with Gasteiger partial charge >= 0.3 is 6.09 Å². The number of methoxy groups -OCH3 is 1. The van der Waals surface area contributed by atoms with Crippen molar-refractivity contribution in [2.24, 2.45) is 0 Å². The van der Waals surface area contributed by atoms with E-state index in [1.165, 1.54) is 12.0 Å². The molecule has 0 saturated carbocycles. The number of hydrogen-bond donors (Lipinski definition) is 3. The maximum absolute atomic E-state index is 13.5. The third-order valence-corrected chi connectivity index (χ3v) is 6.06. The minimum absolute atomic E-state index is 0.221. The maximum atomic E-state index is 13.5. The summed E-state index contributed by atoms with van der Waals surface area (Å²) in [7, 11) is 1.27. The van der Waals surface area contributed by atoms with E-state index in [1.54, 1.807) is 42.5 Å². The van der Waals surface area contributed by atoms with Crippen LogP contribution in [-0.4, -0.2) is 39.1 Å². The number of amides is 2. The van der Waals surface area contributed by atoms with Gasteiger partial charge in [0, 0.05) is 16.7 Å². The molecule has 1 aromatic heterocycles. The summed E-state index contributed by atoms with van der Waals surface area (Å²) >= 11 is 0. The number of anilines is 1. The summed E-state index contributed by atoms with van der Waals surface area (Å²) in [6.07, 6.45) is -0.647. The standard InChI is InChI=1S/C25H22N4O4/c1-15(16-8-4-3-5-9-16)29-22(30)18-10-6-7-11-19(18)25(29,32)17-12-13-20-21(14-17)27-23(26-20)28-24(31)33-2/h3-15,32H,1-2H3,(H2,26,27,28,31). The smallest absolute Gasteiger partial charge is 0.413 e. The number of ether oxygens (including phenoxy) is 1. The lowest BCUT2D eigenvalue weighted by molar-refractivity contribution is -0.0676. The lowest BCUT2D eigenvalue weighted by Crippen LogP contribution is -2.46. The van der Waals surface area contributed by atoms with Crippen molar-refractivity contribution in [1.29, 1.82) is 0 Å². The minimum Gasteiger partial charge on any atom is -0.453 e. The maximum Gasteiger partial charge on any atom is 0.413 e. The Morgan fingerprint density at radius 3 is 2.61 bits per heavy atom. The molecule has 3 aromatic carbocycles. The van der Waals surface area contributed by atoms with E-state index in [9.17, 15) is 14.7 Å². The zero-order valence-electron chi connectivity index (χ0n) is 18.1. The fourth-order valence-corrected chi connectivity index (χ4v) is 4.44. The fourth-order valence-electron chi connectivity index (χ4n) is 4.44. The molecule has 0 bridgehead atoms. The fraction of sp³-hybridized carbons (Fsp3) is 0.160. The number of benzene rings is 3. The van der Waals surface area contributed by atoms with Crippen LogP contribution in [0.1, 0.15) is 40.0 Å². The van der Waals surface area contributed by atoms with Gasteiger partial charge in [-0.1, -0.05) is 54.6 Å². The summed E-state index contributed by atoms with van der Waals surface area (Å²) in [6, 6.07) is 21.5. The molecule has 0 saturated heterocycles. The van der Waals surface area contributed by atoms with Gasteiger partial charge in [-0.15, -0.1) is 0 Å². The third-order valence-electron chi connectivity index (χ3n) is 6.06. The first kappa shape index (κ1) is 20.7. The van der Waals surface area contributed by atoms with Gasteiger partial charge in [-0.05, 0) is 30.7 Å². The minimum atomic E-state index is -1.70. The molecule has 8 nitrogen and oxygen atoms in total. The average molecular weight is 442 g/mol. The monoisotopic (exact) mass is 442 g/mol. The van der Waals surface area contributed by atoms with Crippen LogP contribution < -0.4 is 5.32 Å². The van der Waals surface area contributed by atoms with E-state index in [1.807, 2.05) is 37.3 Å². The van der Waals surface area contributed by atoms with Crippen molar-refractivity contribution in [2.45, 2.75) is 18.7 Å². The summed E-state index contributed by atoms with van der Waals surface area (Å²) in [4.78, 5) is 33.9. The number of aromatic amines is 1. The topological polar surface area (TPSA) is 108 Å². The highest BCUT2D eigenvalue weighted by Crippen LogP contribution is 2.47. The number of H-pyrrole nitrogens is 1. The van der Waals surface area contributed by atoms with Crippen LogP contribution >= 0.6 is 0 Å². The van der Waals surface area contributed by atoms with Crippen LogP contribution in [0.5, 0.6) is 0 Å². The van der Waals surface area contributed by atoms with Gasteiger partial charge < -0.3 is 14.8 Å². The zero-order chi connectivity index (χ0) is 23.2. The number of rotatable bonds is 4. The van der Waals surface area contributed by atoms with E-state index in [4.69, 9.17) is 0 Å². The van der Waals surface area contributed by atoms with Crippen molar-refractivity contribution in [1.82, 2.24) is 14.9 Å². The molecule has 2 amide bonds. The zero-order valence-corrected chi connectivity index (χ0v) is 18.1. The van der Waals surface area contributed by atoms with Crippen LogP contribution in [0.25, 0.3) is 11.0 Å². The molecule has 0 aliphatic carbocycles. The van der Waals surface area contributed by atoms with Gasteiger partial charge in [0.2, 0.25) is 5.95 Å². The highest BCUT2D eigenvalue weighted by molar-refractivity contribution is 6.01. The average Bonchev–Trinajstić information content (AvgIpc) is 3.35. The number of fused-ring (bicyclic) bond motifs is 2. The second-order valence-corrected chi connectivity index (χ2v) is 7.91. The quantitative estimate of drug-likeness (QED) is 0.440. The van der Waals surface area contributed by atoms with Crippen LogP contribution in [0.3, 0.4) is 0 Å². The number of nitrogens with zero attached hydrogens (tertiary/aromatic N) is 2. The summed E-state index contributed by atoms with van der Waals surface area (Å²) in [5, 5.41) is 14.7. The molecule has 1 aliphatic heterocycles. The number of imidazole rings is 1. The van der Waals surface area contributed by atoms with Gasteiger partial charge in [0.25, 0.3) is 5.91 Å². The second kappa shape index (κ2) is 7.75. The van der Waals surface area contributed by atoms with E-state index in [0.717, 1.165) is 5.56 Å². The van der Waals surface area contributed by atoms with Gasteiger partial charge in [-0.2, -0.15) is 0 Å². The highest BCUT2D eigenvalue weighted by atomic mass is 16.5. The Bertz CT molecular complexity index is 1370. The number of carbonyl (C=O) groups is 2. The van der Waals surface area contributed by atoms with Crippen molar-refractivity contribution in [2.75, 3.05) is 12.4 Å². The van der Waals surface area contributed by atoms with Crippen molar-refractivity contribution in [3.05, 3.63) is 95.1 Å². The van der Waals surface area contributed by atoms with Crippen LogP contribution in [0.4, 0.5) is 10.7 Å². The van der Waals surface area contributed by atoms with Crippen molar-refractivity contribution < 1.29 is 19.4 Å². The first-order valence-corrected chi connectivity index (χ1v) is 10.5. The Kier molecular flexibility index (Phi) is 4.87. The summed E-state index contributed by atoms with van der Waals surface area (Å²) in [5.41, 5.74) is 1.88. The van der Waals surface area contributed by atoms with E-state index in [-0.39, 0.29) is 11.9 Å². The molecule has 3 N–H and O–H groups in total. The van der Waals surface area contributed by atoms with E-state index < -0.39 is 17.9 Å². The molecule has 33 heavy (non-hydrogen) atoms.